The Balaban J connectivity index is 1.31. The number of fused-ring (bicyclic) bond motifs is 1. The molecule has 2 aromatic rings. The standard InChI is InChI=1S/C19H25N5O3/c1-26-15-4-2-3-5-16(15)27-13-18(25)23-9-6-14(7-10-23)19-22-21-17-12-20-8-11-24(17)19/h2-5,14,20H,6-13H2,1H3. The minimum atomic E-state index is 0.00632. The first-order valence-corrected chi connectivity index (χ1v) is 9.42. The zero-order chi connectivity index (χ0) is 18.6. The summed E-state index contributed by atoms with van der Waals surface area (Å²) in [6, 6.07) is 7.36. The second-order valence-electron chi connectivity index (χ2n) is 6.90. The van der Waals surface area contributed by atoms with E-state index in [1.165, 1.54) is 0 Å². The van der Waals surface area contributed by atoms with Gasteiger partial charge in [0.15, 0.2) is 18.1 Å². The second kappa shape index (κ2) is 7.96. The highest BCUT2D eigenvalue weighted by Crippen LogP contribution is 2.29. The van der Waals surface area contributed by atoms with Gasteiger partial charge in [0.25, 0.3) is 5.91 Å². The number of amides is 1. The molecule has 1 N–H and O–H groups in total. The van der Waals surface area contributed by atoms with Gasteiger partial charge >= 0.3 is 0 Å². The van der Waals surface area contributed by atoms with Crippen LogP contribution >= 0.6 is 0 Å². The average molecular weight is 371 g/mol. The Kier molecular flexibility index (Phi) is 5.24. The van der Waals surface area contributed by atoms with Crippen LogP contribution in [0.1, 0.15) is 30.4 Å². The summed E-state index contributed by atoms with van der Waals surface area (Å²) in [6.07, 6.45) is 1.82. The van der Waals surface area contributed by atoms with Crippen LogP contribution in [-0.2, 0) is 17.9 Å². The molecule has 0 atom stereocenters. The second-order valence-corrected chi connectivity index (χ2v) is 6.90. The first kappa shape index (κ1) is 17.8. The molecule has 0 bridgehead atoms. The van der Waals surface area contributed by atoms with Crippen LogP contribution in [0.2, 0.25) is 0 Å². The van der Waals surface area contributed by atoms with E-state index in [0.29, 0.717) is 17.4 Å². The smallest absolute Gasteiger partial charge is 0.260 e. The van der Waals surface area contributed by atoms with Gasteiger partial charge < -0.3 is 24.3 Å². The topological polar surface area (TPSA) is 81.5 Å². The van der Waals surface area contributed by atoms with Gasteiger partial charge in [-0.3, -0.25) is 4.79 Å². The summed E-state index contributed by atoms with van der Waals surface area (Å²) < 4.78 is 13.2. The molecule has 2 aliphatic heterocycles. The summed E-state index contributed by atoms with van der Waals surface area (Å²) in [6.45, 7) is 4.12. The zero-order valence-electron chi connectivity index (χ0n) is 15.6. The molecule has 8 heteroatoms. The lowest BCUT2D eigenvalue weighted by Crippen LogP contribution is -2.41. The number of nitrogens with zero attached hydrogens (tertiary/aromatic N) is 4. The Hall–Kier alpha value is -2.61. The van der Waals surface area contributed by atoms with Gasteiger partial charge in [-0.15, -0.1) is 10.2 Å². The summed E-state index contributed by atoms with van der Waals surface area (Å²) in [4.78, 5) is 14.4. The highest BCUT2D eigenvalue weighted by Gasteiger charge is 2.28. The Morgan fingerprint density at radius 3 is 2.74 bits per heavy atom. The van der Waals surface area contributed by atoms with Crippen molar-refractivity contribution in [3.63, 3.8) is 0 Å². The van der Waals surface area contributed by atoms with Gasteiger partial charge in [-0.2, -0.15) is 0 Å². The number of benzene rings is 1. The molecule has 0 unspecified atom stereocenters. The molecule has 3 heterocycles. The first-order valence-electron chi connectivity index (χ1n) is 9.42. The molecule has 1 aromatic carbocycles. The van der Waals surface area contributed by atoms with Gasteiger partial charge in [-0.05, 0) is 25.0 Å². The molecule has 0 spiro atoms. The van der Waals surface area contributed by atoms with Crippen molar-refractivity contribution in [1.29, 1.82) is 0 Å². The van der Waals surface area contributed by atoms with Crippen LogP contribution in [0.15, 0.2) is 24.3 Å². The predicted octanol–water partition coefficient (Wildman–Crippen LogP) is 1.17. The van der Waals surface area contributed by atoms with E-state index in [-0.39, 0.29) is 12.5 Å². The highest BCUT2D eigenvalue weighted by molar-refractivity contribution is 5.78. The fourth-order valence-electron chi connectivity index (χ4n) is 3.77. The molecule has 8 nitrogen and oxygen atoms in total. The summed E-state index contributed by atoms with van der Waals surface area (Å²) in [7, 11) is 1.59. The third-order valence-corrected chi connectivity index (χ3v) is 5.28. The third kappa shape index (κ3) is 3.75. The summed E-state index contributed by atoms with van der Waals surface area (Å²) in [5, 5.41) is 12.0. The number of nitrogens with one attached hydrogen (secondary N) is 1. The van der Waals surface area contributed by atoms with E-state index >= 15 is 0 Å². The Bertz CT molecular complexity index is 798. The number of rotatable bonds is 5. The zero-order valence-corrected chi connectivity index (χ0v) is 15.6. The number of methoxy groups -OCH3 is 1. The van der Waals surface area contributed by atoms with E-state index in [0.717, 1.165) is 57.2 Å². The number of likely N-dealkylation sites (tertiary alicyclic amines) is 1. The maximum absolute atomic E-state index is 12.5. The van der Waals surface area contributed by atoms with Crippen LogP contribution in [0, 0.1) is 0 Å². The van der Waals surface area contributed by atoms with E-state index < -0.39 is 0 Å². The molecule has 2 aliphatic rings. The van der Waals surface area contributed by atoms with E-state index in [1.54, 1.807) is 7.11 Å². The lowest BCUT2D eigenvalue weighted by Gasteiger charge is -2.32. The van der Waals surface area contributed by atoms with Crippen molar-refractivity contribution in [2.24, 2.45) is 0 Å². The van der Waals surface area contributed by atoms with Crippen LogP contribution in [0.3, 0.4) is 0 Å². The molecule has 0 saturated carbocycles. The summed E-state index contributed by atoms with van der Waals surface area (Å²) in [5.41, 5.74) is 0. The van der Waals surface area contributed by atoms with E-state index in [1.807, 2.05) is 29.2 Å². The van der Waals surface area contributed by atoms with Gasteiger partial charge in [0.2, 0.25) is 0 Å². The molecule has 1 aromatic heterocycles. The van der Waals surface area contributed by atoms with Crippen molar-refractivity contribution in [3.05, 3.63) is 35.9 Å². The van der Waals surface area contributed by atoms with Gasteiger partial charge in [-0.25, -0.2) is 0 Å². The maximum Gasteiger partial charge on any atom is 0.260 e. The first-order chi connectivity index (χ1) is 13.3. The molecule has 1 amide bonds. The molecule has 4 rings (SSSR count). The normalized spacial score (nSPS) is 17.4. The Morgan fingerprint density at radius 1 is 1.19 bits per heavy atom. The van der Waals surface area contributed by atoms with Crippen molar-refractivity contribution in [2.75, 3.05) is 33.4 Å². The third-order valence-electron chi connectivity index (χ3n) is 5.28. The molecule has 1 saturated heterocycles. The number of piperidine rings is 1. The molecule has 0 aliphatic carbocycles. The number of carbonyl (C=O) groups excluding carboxylic acids is 1. The summed E-state index contributed by atoms with van der Waals surface area (Å²) in [5.74, 6) is 3.68. The van der Waals surface area contributed by atoms with Crippen molar-refractivity contribution in [1.82, 2.24) is 25.0 Å². The number of ether oxygens (including phenoxy) is 2. The number of hydrogen-bond acceptors (Lipinski definition) is 6. The average Bonchev–Trinajstić information content (AvgIpc) is 3.16. The molecule has 27 heavy (non-hydrogen) atoms. The van der Waals surface area contributed by atoms with Crippen molar-refractivity contribution in [3.8, 4) is 11.5 Å². The van der Waals surface area contributed by atoms with Crippen molar-refractivity contribution < 1.29 is 14.3 Å². The van der Waals surface area contributed by atoms with E-state index in [9.17, 15) is 4.79 Å². The predicted molar refractivity (Wildman–Crippen MR) is 98.8 cm³/mol. The molecule has 144 valence electrons. The Labute approximate surface area is 158 Å². The van der Waals surface area contributed by atoms with Gasteiger partial charge in [0, 0.05) is 32.1 Å². The maximum atomic E-state index is 12.5. The minimum Gasteiger partial charge on any atom is -0.493 e. The molecule has 0 radical (unpaired) electrons. The quantitative estimate of drug-likeness (QED) is 0.850. The van der Waals surface area contributed by atoms with Crippen LogP contribution in [0.25, 0.3) is 0 Å². The van der Waals surface area contributed by atoms with Gasteiger partial charge in [-0.1, -0.05) is 12.1 Å². The lowest BCUT2D eigenvalue weighted by atomic mass is 9.95. The van der Waals surface area contributed by atoms with Crippen LogP contribution in [0.5, 0.6) is 11.5 Å². The fourth-order valence-corrected chi connectivity index (χ4v) is 3.77. The van der Waals surface area contributed by atoms with Crippen LogP contribution < -0.4 is 14.8 Å². The minimum absolute atomic E-state index is 0.00632. The fraction of sp³-hybridized carbons (Fsp3) is 0.526. The number of carbonyl (C=O) groups is 1. The van der Waals surface area contributed by atoms with Crippen molar-refractivity contribution >= 4 is 5.91 Å². The van der Waals surface area contributed by atoms with E-state index in [2.05, 4.69) is 20.1 Å². The molecule has 1 fully saturated rings. The van der Waals surface area contributed by atoms with E-state index in [4.69, 9.17) is 9.47 Å². The van der Waals surface area contributed by atoms with Crippen LogP contribution in [0.4, 0.5) is 0 Å². The van der Waals surface area contributed by atoms with Gasteiger partial charge in [0.05, 0.1) is 13.7 Å². The Morgan fingerprint density at radius 2 is 1.96 bits per heavy atom. The lowest BCUT2D eigenvalue weighted by molar-refractivity contribution is -0.134. The highest BCUT2D eigenvalue weighted by atomic mass is 16.5. The molecular formula is C19H25N5O3. The van der Waals surface area contributed by atoms with Gasteiger partial charge in [0.1, 0.15) is 11.6 Å². The monoisotopic (exact) mass is 371 g/mol. The number of para-hydroxylation sites is 2. The number of aromatic nitrogens is 3. The largest absolute Gasteiger partial charge is 0.493 e. The van der Waals surface area contributed by atoms with Crippen LogP contribution in [-0.4, -0.2) is 58.9 Å². The molecular weight excluding hydrogens is 346 g/mol. The SMILES string of the molecule is COc1ccccc1OCC(=O)N1CCC(c2nnc3n2CCNC3)CC1. The number of hydrogen-bond donors (Lipinski definition) is 1. The van der Waals surface area contributed by atoms with Crippen molar-refractivity contribution in [2.45, 2.75) is 31.8 Å². The summed E-state index contributed by atoms with van der Waals surface area (Å²) >= 11 is 0.